The number of hydrogen-bond acceptors (Lipinski definition) is 4. The summed E-state index contributed by atoms with van der Waals surface area (Å²) in [5, 5.41) is 12.1. The highest BCUT2D eigenvalue weighted by atomic mass is 16.3. The highest BCUT2D eigenvalue weighted by Crippen LogP contribution is 2.38. The molecule has 1 aromatic carbocycles. The molecule has 4 rings (SSSR count). The highest BCUT2D eigenvalue weighted by molar-refractivity contribution is 5.85. The van der Waals surface area contributed by atoms with Crippen LogP contribution in [0.1, 0.15) is 49.6 Å². The third kappa shape index (κ3) is 3.40. The van der Waals surface area contributed by atoms with Crippen LogP contribution in [0.25, 0.3) is 10.9 Å². The number of aromatic amines is 2. The lowest BCUT2D eigenvalue weighted by molar-refractivity contribution is 0.249. The quantitative estimate of drug-likeness (QED) is 0.618. The third-order valence-corrected chi connectivity index (χ3v) is 5.92. The van der Waals surface area contributed by atoms with E-state index in [0.29, 0.717) is 12.5 Å². The number of nitrogens with zero attached hydrogens (tertiary/aromatic N) is 2. The Bertz CT molecular complexity index is 1160. The molecule has 7 nitrogen and oxygen atoms in total. The van der Waals surface area contributed by atoms with Crippen molar-refractivity contribution >= 4 is 10.9 Å². The van der Waals surface area contributed by atoms with Crippen molar-refractivity contribution in [2.75, 3.05) is 13.6 Å². The van der Waals surface area contributed by atoms with Gasteiger partial charge in [0.15, 0.2) is 0 Å². The second kappa shape index (κ2) is 7.55. The number of rotatable bonds is 5. The van der Waals surface area contributed by atoms with Crippen molar-refractivity contribution in [1.29, 1.82) is 0 Å². The molecule has 0 bridgehead atoms. The molecule has 29 heavy (non-hydrogen) atoms. The molecule has 0 saturated heterocycles. The molecule has 3 N–H and O–H groups in total. The normalized spacial score (nSPS) is 17.2. The maximum Gasteiger partial charge on any atom is 0.331 e. The number of aromatic hydroxyl groups is 1. The van der Waals surface area contributed by atoms with E-state index < -0.39 is 17.3 Å². The molecule has 1 atom stereocenters. The minimum absolute atomic E-state index is 0.226. The molecule has 7 heteroatoms. The zero-order chi connectivity index (χ0) is 20.7. The lowest BCUT2D eigenvalue weighted by Gasteiger charge is -2.33. The average molecular weight is 396 g/mol. The zero-order valence-electron chi connectivity index (χ0n) is 17.2. The number of para-hydroxylation sites is 1. The second-order valence-electron chi connectivity index (χ2n) is 8.38. The van der Waals surface area contributed by atoms with Crippen molar-refractivity contribution in [2.24, 2.45) is 5.92 Å². The van der Waals surface area contributed by atoms with Gasteiger partial charge >= 0.3 is 5.69 Å². The summed E-state index contributed by atoms with van der Waals surface area (Å²) in [5.41, 5.74) is 2.22. The van der Waals surface area contributed by atoms with E-state index in [2.05, 4.69) is 29.9 Å². The molecular weight excluding hydrogens is 368 g/mol. The Kier molecular flexibility index (Phi) is 5.08. The molecule has 0 aliphatic carbocycles. The van der Waals surface area contributed by atoms with Crippen LogP contribution >= 0.6 is 0 Å². The molecular formula is C22H28N4O3. The van der Waals surface area contributed by atoms with Crippen molar-refractivity contribution in [3.63, 3.8) is 0 Å². The van der Waals surface area contributed by atoms with Gasteiger partial charge in [0.2, 0.25) is 5.88 Å². The summed E-state index contributed by atoms with van der Waals surface area (Å²) in [6, 6.07) is 7.63. The van der Waals surface area contributed by atoms with Gasteiger partial charge in [-0.15, -0.1) is 0 Å². The lowest BCUT2D eigenvalue weighted by Crippen LogP contribution is -2.40. The van der Waals surface area contributed by atoms with Crippen LogP contribution in [-0.2, 0) is 13.0 Å². The van der Waals surface area contributed by atoms with Crippen molar-refractivity contribution < 1.29 is 5.11 Å². The summed E-state index contributed by atoms with van der Waals surface area (Å²) in [6.07, 6.45) is 2.56. The smallest absolute Gasteiger partial charge is 0.331 e. The fourth-order valence-corrected chi connectivity index (χ4v) is 4.41. The van der Waals surface area contributed by atoms with E-state index in [-0.39, 0.29) is 11.4 Å². The minimum Gasteiger partial charge on any atom is -0.494 e. The van der Waals surface area contributed by atoms with Crippen LogP contribution in [0.4, 0.5) is 0 Å². The number of benzene rings is 1. The number of nitrogens with one attached hydrogen (secondary N) is 2. The van der Waals surface area contributed by atoms with Gasteiger partial charge in [-0.1, -0.05) is 32.0 Å². The molecule has 0 radical (unpaired) electrons. The molecule has 0 amide bonds. The largest absolute Gasteiger partial charge is 0.494 e. The number of aromatic nitrogens is 3. The van der Waals surface area contributed by atoms with Crippen LogP contribution in [0, 0.1) is 5.92 Å². The van der Waals surface area contributed by atoms with Gasteiger partial charge in [0.25, 0.3) is 5.56 Å². The Hall–Kier alpha value is -2.80. The van der Waals surface area contributed by atoms with E-state index in [1.807, 2.05) is 30.1 Å². The minimum atomic E-state index is -0.560. The fourth-order valence-electron chi connectivity index (χ4n) is 4.41. The van der Waals surface area contributed by atoms with E-state index in [4.69, 9.17) is 0 Å². The number of fused-ring (bicyclic) bond motifs is 3. The van der Waals surface area contributed by atoms with Gasteiger partial charge < -0.3 is 10.1 Å². The summed E-state index contributed by atoms with van der Waals surface area (Å²) in [6.45, 7) is 5.37. The standard InChI is InChI=1S/C22H28N4O3/c1-13(2)7-6-11-26-21(28)17(20(27)24-22(26)29)19-18-15(10-12-25(19)3)14-8-4-5-9-16(14)23-18/h4-5,8-9,13,19,23,28H,6-7,10-12H2,1-3H3,(H,24,27,29)/t19-/m1/s1. The first kappa shape index (κ1) is 19.5. The van der Waals surface area contributed by atoms with Gasteiger partial charge in [0, 0.05) is 29.7 Å². The average Bonchev–Trinajstić information content (AvgIpc) is 3.04. The summed E-state index contributed by atoms with van der Waals surface area (Å²) >= 11 is 0. The van der Waals surface area contributed by atoms with Gasteiger partial charge in [-0.2, -0.15) is 0 Å². The third-order valence-electron chi connectivity index (χ3n) is 5.92. The van der Waals surface area contributed by atoms with E-state index in [1.165, 1.54) is 10.1 Å². The molecule has 0 unspecified atom stereocenters. The summed E-state index contributed by atoms with van der Waals surface area (Å²) < 4.78 is 1.30. The Labute approximate surface area is 169 Å². The summed E-state index contributed by atoms with van der Waals surface area (Å²) in [5.74, 6) is 0.277. The topological polar surface area (TPSA) is 94.1 Å². The van der Waals surface area contributed by atoms with Crippen molar-refractivity contribution in [3.05, 3.63) is 61.9 Å². The number of likely N-dealkylation sites (N-methyl/N-ethyl adjacent to an activating group) is 1. The van der Waals surface area contributed by atoms with Crippen LogP contribution in [0.15, 0.2) is 33.9 Å². The highest BCUT2D eigenvalue weighted by Gasteiger charge is 2.34. The first-order valence-corrected chi connectivity index (χ1v) is 10.2. The van der Waals surface area contributed by atoms with Crippen LogP contribution in [0.3, 0.4) is 0 Å². The number of H-pyrrole nitrogens is 2. The molecule has 0 saturated carbocycles. The first-order chi connectivity index (χ1) is 13.9. The molecule has 2 aromatic heterocycles. The fraction of sp³-hybridized carbons (Fsp3) is 0.455. The number of hydrogen-bond donors (Lipinski definition) is 3. The van der Waals surface area contributed by atoms with Crippen LogP contribution in [0.2, 0.25) is 0 Å². The molecule has 0 spiro atoms. The zero-order valence-corrected chi connectivity index (χ0v) is 17.2. The lowest BCUT2D eigenvalue weighted by atomic mass is 9.94. The predicted octanol–water partition coefficient (Wildman–Crippen LogP) is 2.74. The Balaban J connectivity index is 1.84. The maximum atomic E-state index is 12.8. The predicted molar refractivity (Wildman–Crippen MR) is 114 cm³/mol. The van der Waals surface area contributed by atoms with Crippen molar-refractivity contribution in [3.8, 4) is 5.88 Å². The molecule has 3 heterocycles. The maximum absolute atomic E-state index is 12.8. The SMILES string of the molecule is CC(C)CCCn1c(O)c([C@@H]2c3[nH]c4ccccc4c3CCN2C)c(=O)[nH]c1=O. The van der Waals surface area contributed by atoms with Gasteiger partial charge in [0.1, 0.15) is 5.56 Å². The molecule has 0 fully saturated rings. The van der Waals surface area contributed by atoms with Crippen molar-refractivity contribution in [2.45, 2.75) is 45.7 Å². The summed E-state index contributed by atoms with van der Waals surface area (Å²) in [4.78, 5) is 33.1. The summed E-state index contributed by atoms with van der Waals surface area (Å²) in [7, 11) is 1.94. The van der Waals surface area contributed by atoms with E-state index in [0.717, 1.165) is 42.4 Å². The van der Waals surface area contributed by atoms with E-state index in [9.17, 15) is 14.7 Å². The van der Waals surface area contributed by atoms with Crippen molar-refractivity contribution in [1.82, 2.24) is 19.4 Å². The Morgan fingerprint density at radius 3 is 2.72 bits per heavy atom. The molecule has 3 aromatic rings. The van der Waals surface area contributed by atoms with E-state index in [1.54, 1.807) is 0 Å². The van der Waals surface area contributed by atoms with Gasteiger partial charge in [-0.25, -0.2) is 4.79 Å². The first-order valence-electron chi connectivity index (χ1n) is 10.2. The molecule has 1 aliphatic heterocycles. The second-order valence-corrected chi connectivity index (χ2v) is 8.38. The van der Waals surface area contributed by atoms with Crippen LogP contribution in [-0.4, -0.2) is 38.1 Å². The van der Waals surface area contributed by atoms with Gasteiger partial charge in [0.05, 0.1) is 6.04 Å². The van der Waals surface area contributed by atoms with Crippen LogP contribution < -0.4 is 11.2 Å². The Morgan fingerprint density at radius 1 is 1.21 bits per heavy atom. The molecule has 1 aliphatic rings. The van der Waals surface area contributed by atoms with Gasteiger partial charge in [-0.3, -0.25) is 19.2 Å². The monoisotopic (exact) mass is 396 g/mol. The Morgan fingerprint density at radius 2 is 1.97 bits per heavy atom. The van der Waals surface area contributed by atoms with Crippen LogP contribution in [0.5, 0.6) is 5.88 Å². The van der Waals surface area contributed by atoms with E-state index >= 15 is 0 Å². The van der Waals surface area contributed by atoms with Gasteiger partial charge in [-0.05, 0) is 43.9 Å². The molecule has 154 valence electrons.